The predicted octanol–water partition coefficient (Wildman–Crippen LogP) is -2.43. The fraction of sp³-hybridized carbons (Fsp3) is 0.212. The van der Waals surface area contributed by atoms with Crippen LogP contribution < -0.4 is 45.3 Å². The van der Waals surface area contributed by atoms with E-state index in [1.807, 2.05) is 0 Å². The van der Waals surface area contributed by atoms with E-state index in [9.17, 15) is 56.8 Å². The first-order valence-electron chi connectivity index (χ1n) is 17.1. The molecule has 3 aromatic heterocycles. The number of anilines is 1. The van der Waals surface area contributed by atoms with Gasteiger partial charge in [-0.25, -0.2) is 36.3 Å². The van der Waals surface area contributed by atoms with Gasteiger partial charge in [0.2, 0.25) is 25.8 Å². The molecule has 0 bridgehead atoms. The number of nitrogens with two attached hydrogens (primary N) is 1. The van der Waals surface area contributed by atoms with Crippen molar-refractivity contribution < 1.29 is 92.6 Å². The summed E-state index contributed by atoms with van der Waals surface area (Å²) in [6.07, 6.45) is 0. The molecule has 7 rings (SSSR count). The first-order chi connectivity index (χ1) is 28.8. The molecule has 0 saturated carbocycles. The van der Waals surface area contributed by atoms with Crippen molar-refractivity contribution in [2.24, 2.45) is 5.16 Å². The number of oxime groups is 1. The van der Waals surface area contributed by atoms with E-state index in [0.29, 0.717) is 16.3 Å². The number of nitrogens with one attached hydrogen (secondary N) is 2. The number of fused-ring (bicyclic) bond motifs is 2. The van der Waals surface area contributed by atoms with Crippen molar-refractivity contribution in [3.63, 3.8) is 0 Å². The number of carbonyl (C=O) groups is 3. The predicted molar refractivity (Wildman–Crippen MR) is 217 cm³/mol. The van der Waals surface area contributed by atoms with Gasteiger partial charge in [-0.1, -0.05) is 5.16 Å². The fourth-order valence-electron chi connectivity index (χ4n) is 5.78. The van der Waals surface area contributed by atoms with Crippen molar-refractivity contribution in [2.45, 2.75) is 39.7 Å². The number of hydrogen-bond acceptors (Lipinski definition) is 21. The number of thiazole rings is 1. The number of hydrogen-bond donors (Lipinski definition) is 8. The van der Waals surface area contributed by atoms with Crippen molar-refractivity contribution >= 4 is 89.1 Å². The van der Waals surface area contributed by atoms with E-state index < -0.39 is 88.6 Å². The second-order valence-corrected chi connectivity index (χ2v) is 19.6. The Labute approximate surface area is 385 Å². The zero-order valence-electron chi connectivity index (χ0n) is 32.9. The largest absolute Gasteiger partial charge is 1.00 e. The third kappa shape index (κ3) is 9.56. The van der Waals surface area contributed by atoms with Gasteiger partial charge in [0.05, 0.1) is 16.3 Å². The number of aromatic hydroxyl groups is 4. The summed E-state index contributed by atoms with van der Waals surface area (Å²) in [6.45, 7) is 1.32. The molecule has 0 aliphatic carbocycles. The maximum Gasteiger partial charge on any atom is 1.00 e. The fourth-order valence-corrected chi connectivity index (χ4v) is 10.8. The Morgan fingerprint density at radius 3 is 2.34 bits per heavy atom. The number of sulfone groups is 1. The zero-order valence-corrected chi connectivity index (χ0v) is 37.9. The number of aliphatic carboxylic acids is 1. The van der Waals surface area contributed by atoms with Crippen LogP contribution in [0.5, 0.6) is 23.0 Å². The van der Waals surface area contributed by atoms with E-state index >= 15 is 0 Å². The number of β-lactam (4-membered cyclic amide) rings is 1. The van der Waals surface area contributed by atoms with Gasteiger partial charge in [0.25, 0.3) is 17.6 Å². The second-order valence-electron chi connectivity index (χ2n) is 12.9. The maximum absolute atomic E-state index is 13.5. The van der Waals surface area contributed by atoms with Crippen LogP contribution in [0.15, 0.2) is 79.1 Å². The topological polar surface area (TPSA) is 352 Å². The van der Waals surface area contributed by atoms with Crippen LogP contribution in [-0.2, 0) is 45.6 Å². The quantitative estimate of drug-likeness (QED) is 0.0103. The smallest absolute Gasteiger partial charge is 1.00 e. The average molecular weight is 959 g/mol. The van der Waals surface area contributed by atoms with Crippen LogP contribution in [0.1, 0.15) is 18.6 Å². The van der Waals surface area contributed by atoms with Crippen molar-refractivity contribution in [2.75, 3.05) is 23.2 Å². The molecule has 9 N–H and O–H groups in total. The number of phenolic OH excluding ortho intramolecular Hbond substituents is 4. The number of rotatable bonds is 15. The van der Waals surface area contributed by atoms with E-state index in [-0.39, 0.29) is 82.1 Å². The Hall–Kier alpha value is -5.20. The minimum absolute atomic E-state index is 0. The molecule has 0 radical (unpaired) electrons. The normalized spacial score (nSPS) is 16.7. The molecular weight excluding hydrogens is 928 g/mol. The molecule has 2 aromatic carbocycles. The van der Waals surface area contributed by atoms with Crippen molar-refractivity contribution in [3.8, 4) is 23.0 Å². The van der Waals surface area contributed by atoms with Crippen molar-refractivity contribution in [1.82, 2.24) is 39.5 Å². The molecule has 0 unspecified atom stereocenters. The molecule has 29 heteroatoms. The van der Waals surface area contributed by atoms with Crippen LogP contribution >= 0.6 is 34.9 Å². The number of benzene rings is 2. The second kappa shape index (κ2) is 18.3. The summed E-state index contributed by atoms with van der Waals surface area (Å²) in [5.74, 6) is -6.31. The summed E-state index contributed by atoms with van der Waals surface area (Å²) in [5, 5.41) is 60.3. The minimum atomic E-state index is -4.26. The number of phenols is 4. The van der Waals surface area contributed by atoms with Gasteiger partial charge < -0.3 is 42.8 Å². The Bertz CT molecular complexity index is 2930. The van der Waals surface area contributed by atoms with Crippen LogP contribution in [0, 0.1) is 6.92 Å². The SMILES string of the molecule is Cc1cc(SCC2=C(C(=O)O)N3C(=O)[C@@H](NC(=O)/C(=N\OCS(=O)(=O)c4ccc(O)c(O)c4)c4csc(N)n4)[C@H]3SC2)n2nc(CNS(=O)(=O)c3ccc(O)c(O)c3)nc2n1.[H-].[Na+]. The number of aryl methyl sites for hydroxylation is 1. The summed E-state index contributed by atoms with van der Waals surface area (Å²) in [4.78, 5) is 57.7. The van der Waals surface area contributed by atoms with Gasteiger partial charge in [-0.05, 0) is 42.8 Å². The third-order valence-corrected chi connectivity index (χ3v) is 14.6. The van der Waals surface area contributed by atoms with Crippen molar-refractivity contribution in [3.05, 3.63) is 76.3 Å². The van der Waals surface area contributed by atoms with Crippen LogP contribution in [-0.4, -0.2) is 124 Å². The standard InChI is InChI=1S/C33H30N10O13S5.Na.H/c1-14-6-24(43-33(36-14)38-23(40-43)9-35-61(54,55)17-3-5-20(45)22(47)8-17)57-10-15-11-58-30-26(29(49)42(30)27(15)31(50)51)39-28(48)25(18-12-59-32(34)37-18)41-56-13-60(52,53)16-2-4-19(44)21(46)7-16;;/h2-8,12,26,30,35,44-47H,9-11,13H2,1H3,(H2,34,37)(H,39,48)(H,50,51);;/q;+1;-1/b41-25-;;/t26-,30-;;/m1../s1. The average Bonchev–Trinajstić information content (AvgIpc) is 3.83. The molecule has 5 aromatic rings. The number of aromatic nitrogens is 5. The Balaban J connectivity index is 0.00000374. The van der Waals surface area contributed by atoms with Crippen LogP contribution in [0.25, 0.3) is 5.78 Å². The Morgan fingerprint density at radius 1 is 1.02 bits per heavy atom. The molecule has 322 valence electrons. The van der Waals surface area contributed by atoms with Crippen LogP contribution in [0.2, 0.25) is 0 Å². The van der Waals surface area contributed by atoms with E-state index in [0.717, 1.165) is 64.4 Å². The molecule has 62 heavy (non-hydrogen) atoms. The number of nitrogens with zero attached hydrogens (tertiary/aromatic N) is 7. The Morgan fingerprint density at radius 2 is 1.69 bits per heavy atom. The van der Waals surface area contributed by atoms with Gasteiger partial charge >= 0.3 is 35.5 Å². The van der Waals surface area contributed by atoms with Gasteiger partial charge in [-0.2, -0.15) is 9.50 Å². The molecular formula is C33H31N10NaO13S5. The molecule has 5 heterocycles. The number of nitrogen functional groups attached to an aromatic ring is 1. The number of carbonyl (C=O) groups excluding carboxylic acids is 2. The maximum atomic E-state index is 13.5. The summed E-state index contributed by atoms with van der Waals surface area (Å²) in [5.41, 5.74) is 5.67. The molecule has 23 nitrogen and oxygen atoms in total. The first-order valence-corrected chi connectivity index (χ1v) is 23.1. The van der Waals surface area contributed by atoms with E-state index in [2.05, 4.69) is 35.2 Å². The third-order valence-electron chi connectivity index (χ3n) is 8.71. The van der Waals surface area contributed by atoms with E-state index in [1.54, 1.807) is 13.0 Å². The number of amides is 2. The molecule has 2 aliphatic heterocycles. The Kier molecular flexibility index (Phi) is 13.6. The number of carboxylic acid groups (broad SMARTS) is 1. The van der Waals surface area contributed by atoms with Gasteiger partial charge in [0.1, 0.15) is 27.8 Å². The molecule has 1 fully saturated rings. The summed E-state index contributed by atoms with van der Waals surface area (Å²) >= 11 is 3.27. The van der Waals surface area contributed by atoms with Gasteiger partial charge in [-0.15, -0.1) is 40.0 Å². The number of thioether (sulfide) groups is 2. The van der Waals surface area contributed by atoms with Crippen LogP contribution in [0.4, 0.5) is 5.13 Å². The zero-order chi connectivity index (χ0) is 44.0. The minimum Gasteiger partial charge on any atom is -1.00 e. The molecule has 2 atom stereocenters. The number of sulfonamides is 1. The molecule has 2 amide bonds. The first kappa shape index (κ1) is 46.3. The monoisotopic (exact) mass is 958 g/mol. The molecule has 1 saturated heterocycles. The van der Waals surface area contributed by atoms with E-state index in [4.69, 9.17) is 10.6 Å². The summed E-state index contributed by atoms with van der Waals surface area (Å²) < 4.78 is 54.8. The summed E-state index contributed by atoms with van der Waals surface area (Å²) in [6, 6.07) is 6.20. The van der Waals surface area contributed by atoms with E-state index in [1.165, 1.54) is 21.7 Å². The molecule has 2 aliphatic rings. The number of carboxylic acids is 1. The van der Waals surface area contributed by atoms with Crippen molar-refractivity contribution in [1.29, 1.82) is 0 Å². The summed E-state index contributed by atoms with van der Waals surface area (Å²) in [7, 11) is -8.41. The van der Waals surface area contributed by atoms with Gasteiger partial charge in [0, 0.05) is 34.7 Å². The van der Waals surface area contributed by atoms with Gasteiger partial charge in [0.15, 0.2) is 39.7 Å². The molecule has 0 spiro atoms. The van der Waals surface area contributed by atoms with Crippen LogP contribution in [0.3, 0.4) is 0 Å². The van der Waals surface area contributed by atoms with Gasteiger partial charge in [-0.3, -0.25) is 14.5 Å².